The van der Waals surface area contributed by atoms with Gasteiger partial charge in [0.1, 0.15) is 17.7 Å². The second-order valence-electron chi connectivity index (χ2n) is 7.68. The van der Waals surface area contributed by atoms with Crippen molar-refractivity contribution in [2.45, 2.75) is 12.5 Å². The number of aryl methyl sites for hydroxylation is 1. The molecule has 1 atom stereocenters. The van der Waals surface area contributed by atoms with E-state index in [4.69, 9.17) is 14.5 Å². The van der Waals surface area contributed by atoms with Crippen molar-refractivity contribution in [3.63, 3.8) is 0 Å². The zero-order valence-electron chi connectivity index (χ0n) is 18.7. The van der Waals surface area contributed by atoms with E-state index >= 15 is 0 Å². The summed E-state index contributed by atoms with van der Waals surface area (Å²) in [7, 11) is 3.19. The SMILES string of the molecule is COC(=O)c1ccc(C(OCCc2cncn2C)c2ccc(F)cc2)nc1-c1ccc(F)cc1. The second-order valence-corrected chi connectivity index (χ2v) is 7.68. The van der Waals surface area contributed by atoms with Crippen LogP contribution < -0.4 is 0 Å². The number of hydrogen-bond acceptors (Lipinski definition) is 5. The number of imidazole rings is 1. The van der Waals surface area contributed by atoms with Crippen LogP contribution in [-0.2, 0) is 22.9 Å². The number of halogens is 2. The number of benzene rings is 2. The summed E-state index contributed by atoms with van der Waals surface area (Å²) in [5.74, 6) is -1.32. The molecule has 0 aliphatic carbocycles. The van der Waals surface area contributed by atoms with Crippen molar-refractivity contribution in [1.82, 2.24) is 14.5 Å². The van der Waals surface area contributed by atoms with Crippen LogP contribution >= 0.6 is 0 Å². The number of carbonyl (C=O) groups excluding carboxylic acids is 1. The van der Waals surface area contributed by atoms with Gasteiger partial charge in [-0.15, -0.1) is 0 Å². The van der Waals surface area contributed by atoms with Crippen molar-refractivity contribution in [3.05, 3.63) is 107 Å². The minimum Gasteiger partial charge on any atom is -0.465 e. The number of nitrogens with zero attached hydrogens (tertiary/aromatic N) is 3. The lowest BCUT2D eigenvalue weighted by atomic mass is 10.0. The number of pyridine rings is 1. The fourth-order valence-electron chi connectivity index (χ4n) is 3.62. The molecule has 2 aromatic carbocycles. The molecule has 0 amide bonds. The lowest BCUT2D eigenvalue weighted by Gasteiger charge is -2.20. The molecule has 34 heavy (non-hydrogen) atoms. The first-order valence-electron chi connectivity index (χ1n) is 10.6. The third-order valence-corrected chi connectivity index (χ3v) is 5.44. The fraction of sp³-hybridized carbons (Fsp3) is 0.192. The summed E-state index contributed by atoms with van der Waals surface area (Å²) in [6, 6.07) is 15.0. The molecule has 6 nitrogen and oxygen atoms in total. The summed E-state index contributed by atoms with van der Waals surface area (Å²) in [6.07, 6.45) is 3.47. The summed E-state index contributed by atoms with van der Waals surface area (Å²) < 4.78 is 40.1. The third-order valence-electron chi connectivity index (χ3n) is 5.44. The van der Waals surface area contributed by atoms with Crippen molar-refractivity contribution in [2.75, 3.05) is 13.7 Å². The van der Waals surface area contributed by atoms with Gasteiger partial charge in [0.2, 0.25) is 0 Å². The predicted molar refractivity (Wildman–Crippen MR) is 122 cm³/mol. The van der Waals surface area contributed by atoms with Crippen molar-refractivity contribution in [2.24, 2.45) is 7.05 Å². The normalized spacial score (nSPS) is 11.9. The van der Waals surface area contributed by atoms with Gasteiger partial charge in [-0.2, -0.15) is 0 Å². The predicted octanol–water partition coefficient (Wildman–Crippen LogP) is 4.90. The van der Waals surface area contributed by atoms with Crippen molar-refractivity contribution in [3.8, 4) is 11.3 Å². The average molecular weight is 463 g/mol. The maximum Gasteiger partial charge on any atom is 0.340 e. The molecule has 0 saturated carbocycles. The van der Waals surface area contributed by atoms with Gasteiger partial charge in [0.15, 0.2) is 0 Å². The molecule has 8 heteroatoms. The highest BCUT2D eigenvalue weighted by Gasteiger charge is 2.22. The van der Waals surface area contributed by atoms with E-state index in [0.717, 1.165) is 5.69 Å². The first-order chi connectivity index (χ1) is 16.5. The van der Waals surface area contributed by atoms with Gasteiger partial charge in [0.25, 0.3) is 0 Å². The summed E-state index contributed by atoms with van der Waals surface area (Å²) in [4.78, 5) is 21.2. The minimum absolute atomic E-state index is 0.241. The summed E-state index contributed by atoms with van der Waals surface area (Å²) in [6.45, 7) is 0.355. The molecule has 4 rings (SSSR count). The standard InChI is InChI=1S/C26H23F2N3O3/c1-31-16-29-15-21(31)13-14-34-25(18-5-9-20(28)10-6-18)23-12-11-22(26(32)33-2)24(30-23)17-3-7-19(27)8-4-17/h3-12,15-16,25H,13-14H2,1-2H3. The first-order valence-corrected chi connectivity index (χ1v) is 10.6. The van der Waals surface area contributed by atoms with Crippen LogP contribution in [0.2, 0.25) is 0 Å². The monoisotopic (exact) mass is 463 g/mol. The van der Waals surface area contributed by atoms with Gasteiger partial charge < -0.3 is 14.0 Å². The van der Waals surface area contributed by atoms with Crippen LogP contribution in [0.15, 0.2) is 73.2 Å². The lowest BCUT2D eigenvalue weighted by Crippen LogP contribution is -2.14. The Bertz CT molecular complexity index is 1270. The number of esters is 1. The summed E-state index contributed by atoms with van der Waals surface area (Å²) >= 11 is 0. The maximum atomic E-state index is 13.6. The van der Waals surface area contributed by atoms with E-state index in [9.17, 15) is 13.6 Å². The van der Waals surface area contributed by atoms with E-state index in [1.165, 1.54) is 31.4 Å². The highest BCUT2D eigenvalue weighted by Crippen LogP contribution is 2.30. The average Bonchev–Trinajstić information content (AvgIpc) is 3.27. The number of carbonyl (C=O) groups is 1. The molecule has 0 bridgehead atoms. The molecule has 0 aliphatic heterocycles. The lowest BCUT2D eigenvalue weighted by molar-refractivity contribution is 0.0600. The Balaban J connectivity index is 1.72. The van der Waals surface area contributed by atoms with E-state index in [1.807, 2.05) is 11.6 Å². The van der Waals surface area contributed by atoms with Crippen LogP contribution in [-0.4, -0.2) is 34.2 Å². The maximum absolute atomic E-state index is 13.6. The van der Waals surface area contributed by atoms with Gasteiger partial charge in [0.05, 0.1) is 37.0 Å². The van der Waals surface area contributed by atoms with Crippen molar-refractivity contribution >= 4 is 5.97 Å². The smallest absolute Gasteiger partial charge is 0.340 e. The van der Waals surface area contributed by atoms with Crippen molar-refractivity contribution in [1.29, 1.82) is 0 Å². The Labute approximate surface area is 195 Å². The zero-order chi connectivity index (χ0) is 24.1. The van der Waals surface area contributed by atoms with E-state index in [1.54, 1.807) is 48.9 Å². The Kier molecular flexibility index (Phi) is 7.08. The quantitative estimate of drug-likeness (QED) is 0.348. The second kappa shape index (κ2) is 10.4. The molecule has 0 radical (unpaired) electrons. The fourth-order valence-corrected chi connectivity index (χ4v) is 3.62. The topological polar surface area (TPSA) is 66.2 Å². The number of methoxy groups -OCH3 is 1. The van der Waals surface area contributed by atoms with Crippen LogP contribution in [0.1, 0.15) is 33.4 Å². The van der Waals surface area contributed by atoms with Crippen LogP contribution in [0, 0.1) is 11.6 Å². The van der Waals surface area contributed by atoms with Crippen LogP contribution in [0.3, 0.4) is 0 Å². The molecule has 2 aromatic heterocycles. The minimum atomic E-state index is -0.625. The van der Waals surface area contributed by atoms with E-state index in [2.05, 4.69) is 4.98 Å². The highest BCUT2D eigenvalue weighted by molar-refractivity contribution is 5.96. The Morgan fingerprint density at radius 2 is 1.68 bits per heavy atom. The number of ether oxygens (including phenoxy) is 2. The molecular weight excluding hydrogens is 440 g/mol. The number of rotatable bonds is 8. The first kappa shape index (κ1) is 23.3. The zero-order valence-corrected chi connectivity index (χ0v) is 18.7. The molecular formula is C26H23F2N3O3. The molecule has 1 unspecified atom stereocenters. The van der Waals surface area contributed by atoms with Crippen LogP contribution in [0.25, 0.3) is 11.3 Å². The largest absolute Gasteiger partial charge is 0.465 e. The molecule has 2 heterocycles. The van der Waals surface area contributed by atoms with Gasteiger partial charge in [-0.05, 0) is 54.1 Å². The molecule has 0 aliphatic rings. The van der Waals surface area contributed by atoms with Gasteiger partial charge in [-0.3, -0.25) is 0 Å². The van der Waals surface area contributed by atoms with Gasteiger partial charge in [0, 0.05) is 30.9 Å². The Morgan fingerprint density at radius 1 is 1.00 bits per heavy atom. The van der Waals surface area contributed by atoms with E-state index < -0.39 is 17.9 Å². The molecule has 174 valence electrons. The van der Waals surface area contributed by atoms with Gasteiger partial charge >= 0.3 is 5.97 Å². The van der Waals surface area contributed by atoms with Crippen LogP contribution in [0.4, 0.5) is 8.78 Å². The molecule has 0 fully saturated rings. The van der Waals surface area contributed by atoms with Crippen LogP contribution in [0.5, 0.6) is 0 Å². The van der Waals surface area contributed by atoms with Gasteiger partial charge in [-0.25, -0.2) is 23.5 Å². The number of hydrogen-bond donors (Lipinski definition) is 0. The van der Waals surface area contributed by atoms with E-state index in [0.29, 0.717) is 35.5 Å². The molecule has 0 spiro atoms. The van der Waals surface area contributed by atoms with Crippen molar-refractivity contribution < 1.29 is 23.0 Å². The molecule has 4 aromatic rings. The Hall–Kier alpha value is -3.91. The summed E-state index contributed by atoms with van der Waals surface area (Å²) in [5, 5.41) is 0. The third kappa shape index (κ3) is 5.18. The Morgan fingerprint density at radius 3 is 2.29 bits per heavy atom. The molecule has 0 N–H and O–H groups in total. The van der Waals surface area contributed by atoms with Gasteiger partial charge in [-0.1, -0.05) is 12.1 Å². The number of aromatic nitrogens is 3. The highest BCUT2D eigenvalue weighted by atomic mass is 19.1. The summed E-state index contributed by atoms with van der Waals surface area (Å²) in [5.41, 5.74) is 3.35. The molecule has 0 saturated heterocycles. The van der Waals surface area contributed by atoms with E-state index in [-0.39, 0.29) is 11.4 Å².